The third-order valence-electron chi connectivity index (χ3n) is 3.66. The summed E-state index contributed by atoms with van der Waals surface area (Å²) in [6, 6.07) is 6.03. The molecule has 0 unspecified atom stereocenters. The van der Waals surface area contributed by atoms with Crippen molar-refractivity contribution in [2.45, 2.75) is 25.7 Å². The van der Waals surface area contributed by atoms with E-state index in [-0.39, 0.29) is 12.3 Å². The Bertz CT molecular complexity index is 615. The Labute approximate surface area is 144 Å². The van der Waals surface area contributed by atoms with Crippen LogP contribution in [0.4, 0.5) is 13.2 Å². The Kier molecular flexibility index (Phi) is 7.12. The lowest BCUT2D eigenvalue weighted by atomic mass is 10.1. The van der Waals surface area contributed by atoms with E-state index in [1.165, 1.54) is 17.7 Å². The van der Waals surface area contributed by atoms with E-state index in [1.54, 1.807) is 19.2 Å². The number of hydrogen-bond acceptors (Lipinski definition) is 3. The Morgan fingerprint density at radius 1 is 1.28 bits per heavy atom. The van der Waals surface area contributed by atoms with E-state index >= 15 is 0 Å². The number of hydrogen-bond donors (Lipinski definition) is 2. The van der Waals surface area contributed by atoms with Crippen LogP contribution < -0.4 is 15.4 Å². The van der Waals surface area contributed by atoms with Gasteiger partial charge in [-0.05, 0) is 18.9 Å². The van der Waals surface area contributed by atoms with Gasteiger partial charge in [0, 0.05) is 25.7 Å². The lowest BCUT2D eigenvalue weighted by Gasteiger charge is -2.17. The molecular weight excluding hydrogens is 335 g/mol. The van der Waals surface area contributed by atoms with Crippen molar-refractivity contribution in [1.82, 2.24) is 10.6 Å². The van der Waals surface area contributed by atoms with Crippen LogP contribution >= 0.6 is 0 Å². The van der Waals surface area contributed by atoms with Crippen LogP contribution in [0.5, 0.6) is 5.75 Å². The molecule has 0 aromatic heterocycles. The van der Waals surface area contributed by atoms with Crippen molar-refractivity contribution in [1.29, 1.82) is 0 Å². The minimum absolute atomic E-state index is 0.169. The number of alkyl halides is 3. The van der Waals surface area contributed by atoms with Crippen molar-refractivity contribution in [3.63, 3.8) is 0 Å². The number of halogens is 3. The molecule has 1 aromatic carbocycles. The van der Waals surface area contributed by atoms with Crippen LogP contribution in [0.3, 0.4) is 0 Å². The van der Waals surface area contributed by atoms with Gasteiger partial charge < -0.3 is 20.1 Å². The van der Waals surface area contributed by atoms with Crippen molar-refractivity contribution >= 4 is 5.96 Å². The number of ether oxygens (including phenoxy) is 2. The van der Waals surface area contributed by atoms with E-state index in [9.17, 15) is 13.2 Å². The van der Waals surface area contributed by atoms with Crippen molar-refractivity contribution in [2.24, 2.45) is 4.99 Å². The molecule has 0 bridgehead atoms. The maximum atomic E-state index is 12.4. The maximum Gasteiger partial charge on any atom is 0.573 e. The molecule has 0 saturated carbocycles. The minimum atomic E-state index is -4.71. The second-order valence-corrected chi connectivity index (χ2v) is 5.45. The molecular formula is C17H22F3N3O2. The topological polar surface area (TPSA) is 54.9 Å². The maximum absolute atomic E-state index is 12.4. The Hall–Kier alpha value is -2.22. The molecule has 1 aromatic rings. The Balaban J connectivity index is 1.83. The van der Waals surface area contributed by atoms with E-state index in [0.29, 0.717) is 24.7 Å². The molecule has 2 N–H and O–H groups in total. The van der Waals surface area contributed by atoms with E-state index in [2.05, 4.69) is 26.4 Å². The number of aliphatic imine (C=N–C) groups is 1. The van der Waals surface area contributed by atoms with Gasteiger partial charge in [-0.25, -0.2) is 0 Å². The van der Waals surface area contributed by atoms with E-state index in [0.717, 1.165) is 19.4 Å². The number of guanidine groups is 1. The molecule has 8 heteroatoms. The van der Waals surface area contributed by atoms with Gasteiger partial charge >= 0.3 is 6.36 Å². The van der Waals surface area contributed by atoms with Crippen LogP contribution in [0.2, 0.25) is 0 Å². The van der Waals surface area contributed by atoms with Crippen LogP contribution in [-0.2, 0) is 11.3 Å². The van der Waals surface area contributed by atoms with Crippen LogP contribution in [-0.4, -0.2) is 39.1 Å². The average Bonchev–Trinajstić information content (AvgIpc) is 2.58. The Morgan fingerprint density at radius 3 is 2.76 bits per heavy atom. The average molecular weight is 357 g/mol. The summed E-state index contributed by atoms with van der Waals surface area (Å²) in [7, 11) is 1.61. The van der Waals surface area contributed by atoms with E-state index < -0.39 is 6.36 Å². The standard InChI is InChI=1S/C17H22F3N3O2/c1-21-16(22-9-6-13-7-10-24-11-8-13)23-12-14-4-2-3-5-15(14)25-17(18,19)20/h2-5,7H,6,8-12H2,1H3,(H2,21,22,23). The third-order valence-corrected chi connectivity index (χ3v) is 3.66. The van der Waals surface area contributed by atoms with Gasteiger partial charge in [0.15, 0.2) is 5.96 Å². The highest BCUT2D eigenvalue weighted by molar-refractivity contribution is 5.79. The minimum Gasteiger partial charge on any atom is -0.405 e. The molecule has 138 valence electrons. The van der Waals surface area contributed by atoms with Gasteiger partial charge in [0.1, 0.15) is 5.75 Å². The molecule has 1 aliphatic heterocycles. The summed E-state index contributed by atoms with van der Waals surface area (Å²) in [4.78, 5) is 4.08. The van der Waals surface area contributed by atoms with Crippen LogP contribution in [0, 0.1) is 0 Å². The number of rotatable bonds is 6. The normalized spacial score (nSPS) is 15.5. The zero-order valence-electron chi connectivity index (χ0n) is 14.0. The summed E-state index contributed by atoms with van der Waals surface area (Å²) in [6.45, 7) is 2.25. The first-order chi connectivity index (χ1) is 12.0. The van der Waals surface area contributed by atoms with Crippen molar-refractivity contribution in [3.05, 3.63) is 41.5 Å². The number of nitrogens with zero attached hydrogens (tertiary/aromatic N) is 1. The first-order valence-corrected chi connectivity index (χ1v) is 8.02. The predicted molar refractivity (Wildman–Crippen MR) is 89.5 cm³/mol. The first-order valence-electron chi connectivity index (χ1n) is 8.02. The van der Waals surface area contributed by atoms with Gasteiger partial charge in [0.25, 0.3) is 0 Å². The molecule has 1 aliphatic rings. The smallest absolute Gasteiger partial charge is 0.405 e. The molecule has 0 fully saturated rings. The number of benzene rings is 1. The molecule has 0 amide bonds. The summed E-state index contributed by atoms with van der Waals surface area (Å²) in [6.07, 6.45) is -0.840. The molecule has 0 aliphatic carbocycles. The van der Waals surface area contributed by atoms with E-state index in [4.69, 9.17) is 4.74 Å². The van der Waals surface area contributed by atoms with E-state index in [1.807, 2.05) is 0 Å². The van der Waals surface area contributed by atoms with Gasteiger partial charge in [-0.15, -0.1) is 13.2 Å². The van der Waals surface area contributed by atoms with Gasteiger partial charge in [-0.1, -0.05) is 29.8 Å². The second kappa shape index (κ2) is 9.31. The van der Waals surface area contributed by atoms with Crippen LogP contribution in [0.25, 0.3) is 0 Å². The second-order valence-electron chi connectivity index (χ2n) is 5.45. The number of para-hydroxylation sites is 1. The zero-order chi connectivity index (χ0) is 18.1. The largest absolute Gasteiger partial charge is 0.573 e. The lowest BCUT2D eigenvalue weighted by Crippen LogP contribution is -2.37. The molecule has 25 heavy (non-hydrogen) atoms. The third kappa shape index (κ3) is 7.04. The van der Waals surface area contributed by atoms with Gasteiger partial charge in [0.2, 0.25) is 0 Å². The monoisotopic (exact) mass is 357 g/mol. The van der Waals surface area contributed by atoms with Gasteiger partial charge in [0.05, 0.1) is 13.2 Å². The summed E-state index contributed by atoms with van der Waals surface area (Å²) in [5.41, 5.74) is 1.73. The molecule has 0 spiro atoms. The van der Waals surface area contributed by atoms with Crippen molar-refractivity contribution < 1.29 is 22.6 Å². The van der Waals surface area contributed by atoms with Crippen molar-refractivity contribution in [3.8, 4) is 5.75 Å². The fraction of sp³-hybridized carbons (Fsp3) is 0.471. The molecule has 1 heterocycles. The molecule has 0 radical (unpaired) electrons. The molecule has 5 nitrogen and oxygen atoms in total. The fourth-order valence-corrected chi connectivity index (χ4v) is 2.41. The quantitative estimate of drug-likeness (QED) is 0.467. The predicted octanol–water partition coefficient (Wildman–Crippen LogP) is 2.99. The first kappa shape index (κ1) is 19.1. The van der Waals surface area contributed by atoms with Gasteiger partial charge in [-0.3, -0.25) is 4.99 Å². The highest BCUT2D eigenvalue weighted by Gasteiger charge is 2.31. The zero-order valence-corrected chi connectivity index (χ0v) is 14.0. The lowest BCUT2D eigenvalue weighted by molar-refractivity contribution is -0.274. The van der Waals surface area contributed by atoms with Crippen LogP contribution in [0.15, 0.2) is 40.9 Å². The molecule has 0 saturated heterocycles. The van der Waals surface area contributed by atoms with Crippen molar-refractivity contribution in [2.75, 3.05) is 26.8 Å². The summed E-state index contributed by atoms with van der Waals surface area (Å²) < 4.78 is 46.6. The highest BCUT2D eigenvalue weighted by Crippen LogP contribution is 2.26. The molecule has 0 atom stereocenters. The highest BCUT2D eigenvalue weighted by atomic mass is 19.4. The SMILES string of the molecule is CN=C(NCCC1=CCOCC1)NCc1ccccc1OC(F)(F)F. The summed E-state index contributed by atoms with van der Waals surface area (Å²) in [5.74, 6) is 0.305. The summed E-state index contributed by atoms with van der Waals surface area (Å²) >= 11 is 0. The Morgan fingerprint density at radius 2 is 2.08 bits per heavy atom. The molecule has 2 rings (SSSR count). The van der Waals surface area contributed by atoms with Gasteiger partial charge in [-0.2, -0.15) is 0 Å². The fourth-order valence-electron chi connectivity index (χ4n) is 2.41. The van der Waals surface area contributed by atoms with Crippen LogP contribution in [0.1, 0.15) is 18.4 Å². The summed E-state index contributed by atoms with van der Waals surface area (Å²) in [5, 5.41) is 6.15. The number of nitrogens with one attached hydrogen (secondary N) is 2.